The second-order valence-electron chi connectivity index (χ2n) is 4.68. The minimum Gasteiger partial charge on any atom is -0.352 e. The van der Waals surface area contributed by atoms with E-state index >= 15 is 0 Å². The zero-order chi connectivity index (χ0) is 12.3. The Kier molecular flexibility index (Phi) is 3.99. The molecule has 2 rings (SSSR count). The van der Waals surface area contributed by atoms with Crippen LogP contribution in [0.1, 0.15) is 39.5 Å². The fourth-order valence-corrected chi connectivity index (χ4v) is 2.15. The van der Waals surface area contributed by atoms with Crippen molar-refractivity contribution in [2.75, 3.05) is 10.6 Å². The van der Waals surface area contributed by atoms with Gasteiger partial charge >= 0.3 is 0 Å². The Balaban J connectivity index is 2.07. The van der Waals surface area contributed by atoms with Crippen molar-refractivity contribution in [2.45, 2.75) is 51.6 Å². The summed E-state index contributed by atoms with van der Waals surface area (Å²) in [5.41, 5.74) is 0. The highest BCUT2D eigenvalue weighted by Gasteiger charge is 2.16. The monoisotopic (exact) mass is 255 g/mol. The van der Waals surface area contributed by atoms with E-state index in [1.54, 1.807) is 0 Å². The lowest BCUT2D eigenvalue weighted by atomic mass is 10.3. The molecule has 1 heterocycles. The standard InChI is InChI=1S/C11H18ClN5/c1-7(2)13-10-15-9(12)16-11(17-10)14-8-5-3-4-6-8/h7-8H,3-6H2,1-2H3,(H2,13,14,15,16,17). The molecule has 1 saturated carbocycles. The molecular formula is C11H18ClN5. The van der Waals surface area contributed by atoms with Crippen molar-refractivity contribution in [1.29, 1.82) is 0 Å². The average molecular weight is 256 g/mol. The third kappa shape index (κ3) is 3.70. The van der Waals surface area contributed by atoms with E-state index in [1.807, 2.05) is 13.8 Å². The smallest absolute Gasteiger partial charge is 0.229 e. The maximum atomic E-state index is 5.88. The van der Waals surface area contributed by atoms with Crippen molar-refractivity contribution in [3.8, 4) is 0 Å². The lowest BCUT2D eigenvalue weighted by Crippen LogP contribution is -2.19. The van der Waals surface area contributed by atoms with Crippen molar-refractivity contribution < 1.29 is 0 Å². The van der Waals surface area contributed by atoms with Crippen LogP contribution in [0.4, 0.5) is 11.9 Å². The molecule has 0 radical (unpaired) electrons. The molecule has 2 N–H and O–H groups in total. The topological polar surface area (TPSA) is 62.7 Å². The van der Waals surface area contributed by atoms with Gasteiger partial charge in [-0.1, -0.05) is 12.8 Å². The second-order valence-corrected chi connectivity index (χ2v) is 5.01. The second kappa shape index (κ2) is 5.49. The highest BCUT2D eigenvalue weighted by atomic mass is 35.5. The van der Waals surface area contributed by atoms with Crippen LogP contribution >= 0.6 is 11.6 Å². The van der Waals surface area contributed by atoms with Gasteiger partial charge in [-0.2, -0.15) is 15.0 Å². The van der Waals surface area contributed by atoms with Crippen molar-refractivity contribution >= 4 is 23.5 Å². The number of halogens is 1. The van der Waals surface area contributed by atoms with Gasteiger partial charge in [0, 0.05) is 12.1 Å². The van der Waals surface area contributed by atoms with Gasteiger partial charge in [-0.3, -0.25) is 0 Å². The van der Waals surface area contributed by atoms with Gasteiger partial charge in [0.15, 0.2) is 0 Å². The van der Waals surface area contributed by atoms with Gasteiger partial charge in [0.05, 0.1) is 0 Å². The number of anilines is 2. The van der Waals surface area contributed by atoms with Crippen LogP contribution < -0.4 is 10.6 Å². The van der Waals surface area contributed by atoms with Crippen LogP contribution in [0.25, 0.3) is 0 Å². The zero-order valence-corrected chi connectivity index (χ0v) is 11.0. The van der Waals surface area contributed by atoms with Crippen LogP contribution in [0, 0.1) is 0 Å². The third-order valence-electron chi connectivity index (χ3n) is 2.71. The van der Waals surface area contributed by atoms with E-state index in [2.05, 4.69) is 25.6 Å². The molecule has 0 aliphatic heterocycles. The van der Waals surface area contributed by atoms with E-state index in [9.17, 15) is 0 Å². The predicted octanol–water partition coefficient (Wildman–Crippen LogP) is 2.70. The molecule has 1 aromatic heterocycles. The highest BCUT2D eigenvalue weighted by Crippen LogP contribution is 2.21. The number of hydrogen-bond donors (Lipinski definition) is 2. The van der Waals surface area contributed by atoms with Gasteiger partial charge in [0.1, 0.15) is 0 Å². The minimum absolute atomic E-state index is 0.226. The van der Waals surface area contributed by atoms with Crippen molar-refractivity contribution in [1.82, 2.24) is 15.0 Å². The lowest BCUT2D eigenvalue weighted by molar-refractivity contribution is 0.741. The van der Waals surface area contributed by atoms with Gasteiger partial charge in [-0.25, -0.2) is 0 Å². The molecule has 17 heavy (non-hydrogen) atoms. The Morgan fingerprint density at radius 2 is 1.76 bits per heavy atom. The molecule has 5 nitrogen and oxygen atoms in total. The summed E-state index contributed by atoms with van der Waals surface area (Å²) >= 11 is 5.88. The van der Waals surface area contributed by atoms with Crippen LogP contribution in [0.2, 0.25) is 5.28 Å². The Hall–Kier alpha value is -1.10. The number of nitrogens with zero attached hydrogens (tertiary/aromatic N) is 3. The summed E-state index contributed by atoms with van der Waals surface area (Å²) < 4.78 is 0. The fraction of sp³-hybridized carbons (Fsp3) is 0.727. The zero-order valence-electron chi connectivity index (χ0n) is 10.2. The predicted molar refractivity (Wildman–Crippen MR) is 69.5 cm³/mol. The van der Waals surface area contributed by atoms with Crippen LogP contribution in [0.15, 0.2) is 0 Å². The maximum absolute atomic E-state index is 5.88. The van der Waals surface area contributed by atoms with Crippen LogP contribution in [-0.4, -0.2) is 27.0 Å². The normalized spacial score (nSPS) is 16.5. The van der Waals surface area contributed by atoms with E-state index in [0.717, 1.165) is 0 Å². The largest absolute Gasteiger partial charge is 0.352 e. The van der Waals surface area contributed by atoms with Gasteiger partial charge in [0.2, 0.25) is 17.2 Å². The molecule has 94 valence electrons. The third-order valence-corrected chi connectivity index (χ3v) is 2.88. The average Bonchev–Trinajstić information content (AvgIpc) is 2.67. The molecule has 0 atom stereocenters. The Morgan fingerprint density at radius 3 is 2.41 bits per heavy atom. The first-order valence-corrected chi connectivity index (χ1v) is 6.46. The van der Waals surface area contributed by atoms with Crippen LogP contribution in [0.3, 0.4) is 0 Å². The molecule has 0 bridgehead atoms. The fourth-order valence-electron chi connectivity index (χ4n) is 1.99. The van der Waals surface area contributed by atoms with Crippen molar-refractivity contribution in [2.24, 2.45) is 0 Å². The Bertz CT molecular complexity index is 376. The molecule has 0 unspecified atom stereocenters. The molecule has 0 saturated heterocycles. The summed E-state index contributed by atoms with van der Waals surface area (Å²) in [6, 6.07) is 0.744. The summed E-state index contributed by atoms with van der Waals surface area (Å²) in [5.74, 6) is 1.10. The van der Waals surface area contributed by atoms with E-state index < -0.39 is 0 Å². The molecule has 6 heteroatoms. The summed E-state index contributed by atoms with van der Waals surface area (Å²) in [6.07, 6.45) is 4.90. The number of nitrogens with one attached hydrogen (secondary N) is 2. The van der Waals surface area contributed by atoms with E-state index in [1.165, 1.54) is 25.7 Å². The minimum atomic E-state index is 0.226. The summed E-state index contributed by atoms with van der Waals surface area (Å²) in [4.78, 5) is 12.4. The first-order valence-electron chi connectivity index (χ1n) is 6.08. The number of rotatable bonds is 4. The Morgan fingerprint density at radius 1 is 1.12 bits per heavy atom. The van der Waals surface area contributed by atoms with Gasteiger partial charge in [-0.15, -0.1) is 0 Å². The number of aromatic nitrogens is 3. The molecule has 1 aliphatic carbocycles. The van der Waals surface area contributed by atoms with E-state index in [4.69, 9.17) is 11.6 Å². The first kappa shape index (κ1) is 12.4. The quantitative estimate of drug-likeness (QED) is 0.866. The maximum Gasteiger partial charge on any atom is 0.229 e. The summed E-state index contributed by atoms with van der Waals surface area (Å²) in [6.45, 7) is 4.06. The van der Waals surface area contributed by atoms with Crippen LogP contribution in [0.5, 0.6) is 0 Å². The highest BCUT2D eigenvalue weighted by molar-refractivity contribution is 6.28. The molecule has 1 aromatic rings. The molecular weight excluding hydrogens is 238 g/mol. The molecule has 1 aliphatic rings. The molecule has 1 fully saturated rings. The molecule has 0 amide bonds. The molecule has 0 spiro atoms. The van der Waals surface area contributed by atoms with Crippen molar-refractivity contribution in [3.63, 3.8) is 0 Å². The summed E-state index contributed by atoms with van der Waals surface area (Å²) in [7, 11) is 0. The van der Waals surface area contributed by atoms with E-state index in [-0.39, 0.29) is 11.3 Å². The number of hydrogen-bond acceptors (Lipinski definition) is 5. The van der Waals surface area contributed by atoms with E-state index in [0.29, 0.717) is 17.9 Å². The summed E-state index contributed by atoms with van der Waals surface area (Å²) in [5, 5.41) is 6.66. The van der Waals surface area contributed by atoms with Gasteiger partial charge in [-0.05, 0) is 38.3 Å². The molecule has 0 aromatic carbocycles. The van der Waals surface area contributed by atoms with Crippen LogP contribution in [-0.2, 0) is 0 Å². The Labute approximate surface area is 106 Å². The van der Waals surface area contributed by atoms with Crippen molar-refractivity contribution in [3.05, 3.63) is 5.28 Å². The first-order chi connectivity index (χ1) is 8.13. The SMILES string of the molecule is CC(C)Nc1nc(Cl)nc(NC2CCCC2)n1. The lowest BCUT2D eigenvalue weighted by Gasteiger charge is -2.13. The van der Waals surface area contributed by atoms with Gasteiger partial charge < -0.3 is 10.6 Å². The van der Waals surface area contributed by atoms with Gasteiger partial charge in [0.25, 0.3) is 0 Å².